The van der Waals surface area contributed by atoms with Crippen LogP contribution >= 0.6 is 0 Å². The first-order chi connectivity index (χ1) is 10.1. The first kappa shape index (κ1) is 14.7. The quantitative estimate of drug-likeness (QED) is 0.875. The van der Waals surface area contributed by atoms with Crippen molar-refractivity contribution >= 4 is 0 Å². The number of nitrogens with two attached hydrogens (primary N) is 1. The van der Waals surface area contributed by atoms with Gasteiger partial charge in [-0.2, -0.15) is 0 Å². The van der Waals surface area contributed by atoms with E-state index in [0.29, 0.717) is 13.2 Å². The average Bonchev–Trinajstić information content (AvgIpc) is 2.76. The maximum absolute atomic E-state index is 10.9. The molecule has 3 N–H and O–H groups in total. The van der Waals surface area contributed by atoms with Crippen LogP contribution in [0.2, 0.25) is 0 Å². The van der Waals surface area contributed by atoms with Gasteiger partial charge in [0.15, 0.2) is 0 Å². The van der Waals surface area contributed by atoms with Crippen LogP contribution in [0, 0.1) is 5.41 Å². The molecule has 4 heteroatoms. The van der Waals surface area contributed by atoms with E-state index in [2.05, 4.69) is 6.92 Å². The summed E-state index contributed by atoms with van der Waals surface area (Å²) in [5, 5.41) is 10.9. The summed E-state index contributed by atoms with van der Waals surface area (Å²) in [7, 11) is 0. The number of aliphatic hydroxyl groups is 1. The molecule has 1 saturated carbocycles. The van der Waals surface area contributed by atoms with Crippen LogP contribution in [0.3, 0.4) is 0 Å². The van der Waals surface area contributed by atoms with Crippen LogP contribution in [0.15, 0.2) is 12.1 Å². The molecule has 1 heterocycles. The highest BCUT2D eigenvalue weighted by atomic mass is 16.5. The molecule has 2 aliphatic rings. The van der Waals surface area contributed by atoms with E-state index < -0.39 is 6.10 Å². The Bertz CT molecular complexity index is 520. The molecule has 21 heavy (non-hydrogen) atoms. The molecular weight excluding hydrogens is 266 g/mol. The predicted octanol–water partition coefficient (Wildman–Crippen LogP) is 2.57. The van der Waals surface area contributed by atoms with Crippen molar-refractivity contribution in [2.24, 2.45) is 11.1 Å². The molecule has 2 atom stereocenters. The van der Waals surface area contributed by atoms with Gasteiger partial charge in [-0.3, -0.25) is 0 Å². The first-order valence-electron chi connectivity index (χ1n) is 7.94. The van der Waals surface area contributed by atoms with Crippen molar-refractivity contribution in [1.29, 1.82) is 0 Å². The number of benzene rings is 1. The van der Waals surface area contributed by atoms with Gasteiger partial charge in [0.1, 0.15) is 17.6 Å². The fourth-order valence-electron chi connectivity index (χ4n) is 3.50. The fourth-order valence-corrected chi connectivity index (χ4v) is 3.50. The average molecular weight is 291 g/mol. The number of aliphatic hydroxyl groups excluding tert-OH is 1. The lowest BCUT2D eigenvalue weighted by atomic mass is 9.63. The minimum absolute atomic E-state index is 0.189. The van der Waals surface area contributed by atoms with Gasteiger partial charge in [0.25, 0.3) is 0 Å². The molecule has 0 radical (unpaired) electrons. The summed E-state index contributed by atoms with van der Waals surface area (Å²) in [5.74, 6) is 1.66. The number of ether oxygens (including phenoxy) is 2. The molecule has 4 nitrogen and oxygen atoms in total. The lowest BCUT2D eigenvalue weighted by molar-refractivity contribution is -0.0311. The van der Waals surface area contributed by atoms with Crippen LogP contribution in [-0.2, 0) is 6.42 Å². The van der Waals surface area contributed by atoms with Gasteiger partial charge in [-0.1, -0.05) is 6.42 Å². The third-order valence-corrected chi connectivity index (χ3v) is 4.96. The van der Waals surface area contributed by atoms with Gasteiger partial charge in [0.2, 0.25) is 0 Å². The third-order valence-electron chi connectivity index (χ3n) is 4.96. The molecule has 0 bridgehead atoms. The number of fused-ring (bicyclic) bond motifs is 1. The highest BCUT2D eigenvalue weighted by molar-refractivity contribution is 5.50. The molecule has 1 aliphatic heterocycles. The molecule has 1 aliphatic carbocycles. The highest BCUT2D eigenvalue weighted by Crippen LogP contribution is 2.52. The molecule has 0 saturated heterocycles. The van der Waals surface area contributed by atoms with E-state index in [-0.39, 0.29) is 11.5 Å². The first-order valence-corrected chi connectivity index (χ1v) is 7.94. The standard InChI is InChI=1S/C17H25NO3/c1-3-20-15-8-12-7-11(2)21-14(12)9-13(15)16(19)17(10-18)5-4-6-17/h8-9,11,16,19H,3-7,10,18H2,1-2H3. The van der Waals surface area contributed by atoms with Gasteiger partial charge in [-0.25, -0.2) is 0 Å². The van der Waals surface area contributed by atoms with E-state index >= 15 is 0 Å². The van der Waals surface area contributed by atoms with E-state index in [1.165, 1.54) is 0 Å². The smallest absolute Gasteiger partial charge is 0.125 e. The summed E-state index contributed by atoms with van der Waals surface area (Å²) in [6.45, 7) is 5.12. The molecule has 1 aromatic rings. The Hall–Kier alpha value is -1.26. The van der Waals surface area contributed by atoms with Crippen LogP contribution in [0.25, 0.3) is 0 Å². The molecule has 0 amide bonds. The van der Waals surface area contributed by atoms with Gasteiger partial charge in [0, 0.05) is 29.5 Å². The van der Waals surface area contributed by atoms with Crippen molar-refractivity contribution in [3.05, 3.63) is 23.3 Å². The summed E-state index contributed by atoms with van der Waals surface area (Å²) in [5.41, 5.74) is 7.74. The van der Waals surface area contributed by atoms with Gasteiger partial charge >= 0.3 is 0 Å². The van der Waals surface area contributed by atoms with Crippen molar-refractivity contribution in [3.8, 4) is 11.5 Å². The monoisotopic (exact) mass is 291 g/mol. The van der Waals surface area contributed by atoms with E-state index in [4.69, 9.17) is 15.2 Å². The van der Waals surface area contributed by atoms with Crippen molar-refractivity contribution in [1.82, 2.24) is 0 Å². The Morgan fingerprint density at radius 1 is 1.48 bits per heavy atom. The summed E-state index contributed by atoms with van der Waals surface area (Å²) in [6, 6.07) is 3.99. The van der Waals surface area contributed by atoms with Crippen LogP contribution in [0.4, 0.5) is 0 Å². The molecule has 116 valence electrons. The second-order valence-corrected chi connectivity index (χ2v) is 6.39. The van der Waals surface area contributed by atoms with Crippen LogP contribution in [-0.4, -0.2) is 24.4 Å². The molecule has 0 aromatic heterocycles. The summed E-state index contributed by atoms with van der Waals surface area (Å²) >= 11 is 0. The van der Waals surface area contributed by atoms with E-state index in [0.717, 1.165) is 48.3 Å². The lowest BCUT2D eigenvalue weighted by Crippen LogP contribution is -2.42. The normalized spacial score (nSPS) is 23.9. The Balaban J connectivity index is 1.98. The summed E-state index contributed by atoms with van der Waals surface area (Å²) in [6.07, 6.45) is 3.59. The number of rotatable bonds is 5. The second kappa shape index (κ2) is 5.50. The van der Waals surface area contributed by atoms with Crippen LogP contribution in [0.5, 0.6) is 11.5 Å². The second-order valence-electron chi connectivity index (χ2n) is 6.39. The van der Waals surface area contributed by atoms with Gasteiger partial charge in [-0.15, -0.1) is 0 Å². The van der Waals surface area contributed by atoms with E-state index in [9.17, 15) is 5.11 Å². The van der Waals surface area contributed by atoms with E-state index in [1.807, 2.05) is 19.1 Å². The van der Waals surface area contributed by atoms with Gasteiger partial charge < -0.3 is 20.3 Å². The number of hydrogen-bond donors (Lipinski definition) is 2. The molecule has 2 unspecified atom stereocenters. The zero-order chi connectivity index (χ0) is 15.0. The minimum atomic E-state index is -0.581. The Morgan fingerprint density at radius 3 is 2.81 bits per heavy atom. The Kier molecular flexibility index (Phi) is 3.84. The van der Waals surface area contributed by atoms with Crippen molar-refractivity contribution in [3.63, 3.8) is 0 Å². The highest BCUT2D eigenvalue weighted by Gasteiger charge is 2.44. The van der Waals surface area contributed by atoms with E-state index in [1.54, 1.807) is 0 Å². The summed E-state index contributed by atoms with van der Waals surface area (Å²) < 4.78 is 11.6. The third kappa shape index (κ3) is 2.40. The number of hydrogen-bond acceptors (Lipinski definition) is 4. The van der Waals surface area contributed by atoms with Gasteiger partial charge in [-0.05, 0) is 38.8 Å². The predicted molar refractivity (Wildman–Crippen MR) is 81.7 cm³/mol. The zero-order valence-electron chi connectivity index (χ0n) is 12.9. The Morgan fingerprint density at radius 2 is 2.24 bits per heavy atom. The van der Waals surface area contributed by atoms with Crippen molar-refractivity contribution in [2.45, 2.75) is 51.7 Å². The molecule has 1 aromatic carbocycles. The van der Waals surface area contributed by atoms with Gasteiger partial charge in [0.05, 0.1) is 12.7 Å². The van der Waals surface area contributed by atoms with Crippen LogP contribution in [0.1, 0.15) is 50.3 Å². The largest absolute Gasteiger partial charge is 0.493 e. The van der Waals surface area contributed by atoms with Crippen molar-refractivity contribution < 1.29 is 14.6 Å². The topological polar surface area (TPSA) is 64.7 Å². The lowest BCUT2D eigenvalue weighted by Gasteiger charge is -2.45. The maximum atomic E-state index is 10.9. The zero-order valence-corrected chi connectivity index (χ0v) is 12.9. The molecule has 3 rings (SSSR count). The molecular formula is C17H25NO3. The van der Waals surface area contributed by atoms with Crippen LogP contribution < -0.4 is 15.2 Å². The Labute approximate surface area is 126 Å². The fraction of sp³-hybridized carbons (Fsp3) is 0.647. The molecule has 1 fully saturated rings. The van der Waals surface area contributed by atoms with Crippen molar-refractivity contribution in [2.75, 3.05) is 13.2 Å². The minimum Gasteiger partial charge on any atom is -0.493 e. The maximum Gasteiger partial charge on any atom is 0.125 e. The summed E-state index contributed by atoms with van der Waals surface area (Å²) in [4.78, 5) is 0. The SMILES string of the molecule is CCOc1cc2c(cc1C(O)C1(CN)CCC1)OC(C)C2. The molecule has 0 spiro atoms.